The van der Waals surface area contributed by atoms with Gasteiger partial charge in [-0.15, -0.1) is 0 Å². The molecule has 8 nitrogen and oxygen atoms in total. The van der Waals surface area contributed by atoms with E-state index in [0.717, 1.165) is 11.8 Å². The minimum absolute atomic E-state index is 0.0793. The third kappa shape index (κ3) is 9.83. The number of rotatable bonds is 13. The lowest BCUT2D eigenvalue weighted by atomic mass is 10.0. The highest BCUT2D eigenvalue weighted by atomic mass is 35.5. The third-order valence-corrected chi connectivity index (χ3v) is 7.18. The summed E-state index contributed by atoms with van der Waals surface area (Å²) in [4.78, 5) is 28.2. The van der Waals surface area contributed by atoms with Gasteiger partial charge in [0.05, 0.1) is 18.6 Å². The Hall–Kier alpha value is -2.78. The second-order valence-corrected chi connectivity index (χ2v) is 12.5. The molecule has 0 bridgehead atoms. The first-order valence-electron chi connectivity index (χ1n) is 12.8. The number of anilines is 1. The monoisotopic (exact) mass is 565 g/mol. The van der Waals surface area contributed by atoms with Crippen molar-refractivity contribution in [3.8, 4) is 5.75 Å². The van der Waals surface area contributed by atoms with Crippen LogP contribution in [-0.2, 0) is 26.2 Å². The number of halogens is 1. The first-order valence-corrected chi connectivity index (χ1v) is 15.0. The van der Waals surface area contributed by atoms with Crippen molar-refractivity contribution in [1.29, 1.82) is 0 Å². The summed E-state index contributed by atoms with van der Waals surface area (Å²) in [5.41, 5.74) is 0.891. The van der Waals surface area contributed by atoms with Gasteiger partial charge in [-0.1, -0.05) is 30.7 Å². The first kappa shape index (κ1) is 31.4. The second-order valence-electron chi connectivity index (χ2n) is 10.2. The molecule has 0 heterocycles. The van der Waals surface area contributed by atoms with Gasteiger partial charge in [0.2, 0.25) is 21.8 Å². The van der Waals surface area contributed by atoms with Gasteiger partial charge in [0.15, 0.2) is 0 Å². The molecule has 2 amide bonds. The van der Waals surface area contributed by atoms with Gasteiger partial charge in [-0.2, -0.15) is 0 Å². The van der Waals surface area contributed by atoms with Crippen LogP contribution in [0, 0.1) is 0 Å². The number of nitrogens with one attached hydrogen (secondary N) is 1. The molecular weight excluding hydrogens is 526 g/mol. The number of ether oxygens (including phenoxy) is 1. The zero-order valence-electron chi connectivity index (χ0n) is 23.2. The fourth-order valence-corrected chi connectivity index (χ4v) is 5.13. The van der Waals surface area contributed by atoms with Gasteiger partial charge in [0, 0.05) is 30.1 Å². The lowest BCUT2D eigenvalue weighted by Crippen LogP contribution is -2.53. The standard InChI is InChI=1S/C28H40ClN3O5S/c1-7-25(27(34)30-28(3,4)5)31(20-21-11-13-22(29)14-12-21)26(33)10-9-19-32(38(6,35)36)23-15-17-24(18-16-23)37-8-2/h11-18,25H,7-10,19-20H2,1-6H3,(H,30,34)/t25-/m1/s1. The van der Waals surface area contributed by atoms with Crippen LogP contribution in [0.3, 0.4) is 0 Å². The molecule has 0 aromatic heterocycles. The normalized spacial score (nSPS) is 12.5. The van der Waals surface area contributed by atoms with Crippen molar-refractivity contribution < 1.29 is 22.7 Å². The summed E-state index contributed by atoms with van der Waals surface area (Å²) in [6, 6.07) is 13.3. The minimum Gasteiger partial charge on any atom is -0.494 e. The zero-order valence-corrected chi connectivity index (χ0v) is 24.7. The van der Waals surface area contributed by atoms with Gasteiger partial charge >= 0.3 is 0 Å². The van der Waals surface area contributed by atoms with Gasteiger partial charge in [-0.05, 0) is 82.5 Å². The maximum absolute atomic E-state index is 13.5. The molecule has 0 radical (unpaired) electrons. The summed E-state index contributed by atoms with van der Waals surface area (Å²) in [6.45, 7) is 10.3. The molecule has 10 heteroatoms. The molecule has 0 aliphatic rings. The van der Waals surface area contributed by atoms with E-state index in [1.165, 1.54) is 4.31 Å². The van der Waals surface area contributed by atoms with Crippen molar-refractivity contribution >= 4 is 39.1 Å². The highest BCUT2D eigenvalue weighted by Gasteiger charge is 2.30. The van der Waals surface area contributed by atoms with Crippen molar-refractivity contribution in [2.45, 2.75) is 72.0 Å². The Labute approximate surface area is 232 Å². The van der Waals surface area contributed by atoms with E-state index in [4.69, 9.17) is 16.3 Å². The van der Waals surface area contributed by atoms with Crippen LogP contribution in [0.4, 0.5) is 5.69 Å². The number of benzene rings is 2. The van der Waals surface area contributed by atoms with Crippen LogP contribution in [-0.4, -0.2) is 56.1 Å². The molecule has 0 saturated carbocycles. The SMILES string of the molecule is CCOc1ccc(N(CCCC(=O)N(Cc2ccc(Cl)cc2)[C@H](CC)C(=O)NC(C)(C)C)S(C)(=O)=O)cc1. The van der Waals surface area contributed by atoms with Crippen LogP contribution < -0.4 is 14.4 Å². The van der Waals surface area contributed by atoms with E-state index in [0.29, 0.717) is 29.5 Å². The van der Waals surface area contributed by atoms with Gasteiger partial charge in [-0.3, -0.25) is 13.9 Å². The average molecular weight is 566 g/mol. The van der Waals surface area contributed by atoms with Gasteiger partial charge in [-0.25, -0.2) is 8.42 Å². The van der Waals surface area contributed by atoms with Crippen LogP contribution in [0.15, 0.2) is 48.5 Å². The molecule has 2 aromatic rings. The Morgan fingerprint density at radius 1 is 1.03 bits per heavy atom. The van der Waals surface area contributed by atoms with Crippen molar-refractivity contribution in [3.05, 3.63) is 59.1 Å². The third-order valence-electron chi connectivity index (χ3n) is 5.74. The maximum Gasteiger partial charge on any atom is 0.243 e. The molecule has 2 rings (SSSR count). The van der Waals surface area contributed by atoms with Crippen LogP contribution >= 0.6 is 11.6 Å². The minimum atomic E-state index is -3.58. The van der Waals surface area contributed by atoms with Gasteiger partial charge < -0.3 is 15.0 Å². The summed E-state index contributed by atoms with van der Waals surface area (Å²) in [5, 5.41) is 3.56. The number of carbonyl (C=O) groups is 2. The predicted molar refractivity (Wildman–Crippen MR) is 153 cm³/mol. The van der Waals surface area contributed by atoms with E-state index in [2.05, 4.69) is 5.32 Å². The second kappa shape index (κ2) is 13.8. The predicted octanol–water partition coefficient (Wildman–Crippen LogP) is 5.01. The van der Waals surface area contributed by atoms with Crippen LogP contribution in [0.25, 0.3) is 0 Å². The molecule has 0 unspecified atom stereocenters. The molecule has 0 fully saturated rings. The Bertz CT molecular complexity index is 1160. The molecule has 0 saturated heterocycles. The Kier molecular flexibility index (Phi) is 11.5. The Morgan fingerprint density at radius 2 is 1.63 bits per heavy atom. The Morgan fingerprint density at radius 3 is 2.13 bits per heavy atom. The fraction of sp³-hybridized carbons (Fsp3) is 0.500. The summed E-state index contributed by atoms with van der Waals surface area (Å²) in [6.07, 6.45) is 1.94. The van der Waals surface area contributed by atoms with Crippen LogP contribution in [0.2, 0.25) is 5.02 Å². The van der Waals surface area contributed by atoms with Crippen molar-refractivity contribution in [2.24, 2.45) is 0 Å². The molecular formula is C28H40ClN3O5S. The van der Waals surface area contributed by atoms with Crippen molar-refractivity contribution in [3.63, 3.8) is 0 Å². The van der Waals surface area contributed by atoms with E-state index in [1.54, 1.807) is 41.3 Å². The average Bonchev–Trinajstić information content (AvgIpc) is 2.82. The van der Waals surface area contributed by atoms with E-state index in [-0.39, 0.29) is 37.7 Å². The summed E-state index contributed by atoms with van der Waals surface area (Å²) >= 11 is 6.03. The largest absolute Gasteiger partial charge is 0.494 e. The quantitative estimate of drug-likeness (QED) is 0.368. The van der Waals surface area contributed by atoms with E-state index in [9.17, 15) is 18.0 Å². The summed E-state index contributed by atoms with van der Waals surface area (Å²) in [7, 11) is -3.58. The fourth-order valence-electron chi connectivity index (χ4n) is 4.04. The topological polar surface area (TPSA) is 96.0 Å². The summed E-state index contributed by atoms with van der Waals surface area (Å²) < 4.78 is 31.8. The first-order chi connectivity index (χ1) is 17.7. The summed E-state index contributed by atoms with van der Waals surface area (Å²) in [5.74, 6) is 0.197. The molecule has 38 heavy (non-hydrogen) atoms. The smallest absolute Gasteiger partial charge is 0.243 e. The molecule has 1 atom stereocenters. The molecule has 210 valence electrons. The lowest BCUT2D eigenvalue weighted by molar-refractivity contribution is -0.142. The molecule has 0 spiro atoms. The highest BCUT2D eigenvalue weighted by Crippen LogP contribution is 2.23. The molecule has 0 aliphatic carbocycles. The molecule has 0 aliphatic heterocycles. The van der Waals surface area contributed by atoms with Crippen molar-refractivity contribution in [1.82, 2.24) is 10.2 Å². The number of sulfonamides is 1. The lowest BCUT2D eigenvalue weighted by Gasteiger charge is -2.33. The number of nitrogens with zero attached hydrogens (tertiary/aromatic N) is 2. The van der Waals surface area contributed by atoms with E-state index >= 15 is 0 Å². The molecule has 1 N–H and O–H groups in total. The molecule has 2 aromatic carbocycles. The Balaban J connectivity index is 2.21. The number of carbonyl (C=O) groups excluding carboxylic acids is 2. The van der Waals surface area contributed by atoms with Gasteiger partial charge in [0.1, 0.15) is 11.8 Å². The van der Waals surface area contributed by atoms with Crippen molar-refractivity contribution in [2.75, 3.05) is 23.7 Å². The van der Waals surface area contributed by atoms with Crippen LogP contribution in [0.1, 0.15) is 59.4 Å². The highest BCUT2D eigenvalue weighted by molar-refractivity contribution is 7.92. The number of hydrogen-bond acceptors (Lipinski definition) is 5. The van der Waals surface area contributed by atoms with Crippen LogP contribution in [0.5, 0.6) is 5.75 Å². The van der Waals surface area contributed by atoms with E-state index in [1.807, 2.05) is 46.8 Å². The van der Waals surface area contributed by atoms with Gasteiger partial charge in [0.25, 0.3) is 0 Å². The number of hydrogen-bond donors (Lipinski definition) is 1. The number of amides is 2. The maximum atomic E-state index is 13.5. The van der Waals surface area contributed by atoms with E-state index < -0.39 is 21.6 Å². The zero-order chi connectivity index (χ0) is 28.5.